The lowest BCUT2D eigenvalue weighted by molar-refractivity contribution is -0.123. The summed E-state index contributed by atoms with van der Waals surface area (Å²) in [4.78, 5) is 59.1. The van der Waals surface area contributed by atoms with Crippen molar-refractivity contribution in [2.45, 2.75) is 89.5 Å². The third kappa shape index (κ3) is 12.4. The lowest BCUT2D eigenvalue weighted by Gasteiger charge is -2.54. The van der Waals surface area contributed by atoms with E-state index in [-0.39, 0.29) is 52.2 Å². The number of carbonyl (C=O) groups excluding carboxylic acids is 3. The van der Waals surface area contributed by atoms with Gasteiger partial charge in [-0.1, -0.05) is 11.3 Å². The number of benzene rings is 3. The lowest BCUT2D eigenvalue weighted by atomic mass is 9.51. The number of nitrogen functional groups attached to an aromatic ring is 1. The van der Waals surface area contributed by atoms with Crippen LogP contribution in [0, 0.1) is 88.2 Å². The summed E-state index contributed by atoms with van der Waals surface area (Å²) in [6.45, 7) is 0. The van der Waals surface area contributed by atoms with Crippen molar-refractivity contribution in [1.29, 1.82) is 0 Å². The molecule has 0 atom stereocenters. The molecule has 0 amide bonds. The second-order valence-electron chi connectivity index (χ2n) is 21.8. The maximum atomic E-state index is 13.8. The molecule has 9 aromatic rings. The molecule has 6 aromatic heterocycles. The number of carbonyl (C=O) groups is 3. The number of aromatic nitrogens is 9. The van der Waals surface area contributed by atoms with Crippen LogP contribution in [0.4, 0.5) is 36.3 Å². The highest BCUT2D eigenvalue weighted by Gasteiger charge is 2.49. The van der Waals surface area contributed by atoms with Gasteiger partial charge >= 0.3 is 6.03 Å². The predicted molar refractivity (Wildman–Crippen MR) is 289 cm³/mol. The molecule has 79 heavy (non-hydrogen) atoms. The van der Waals surface area contributed by atoms with Crippen LogP contribution >= 0.6 is 34.0 Å². The minimum absolute atomic E-state index is 0.0246. The van der Waals surface area contributed by atoms with Crippen molar-refractivity contribution in [3.05, 3.63) is 137 Å². The first-order valence-corrected chi connectivity index (χ1v) is 28.8. The van der Waals surface area contributed by atoms with E-state index in [9.17, 15) is 40.7 Å². The number of Topliss-reactive ketones (excluding diaryl/α,β-unsaturated/α-hetero) is 1. The monoisotopic (exact) mass is 1140 g/mol. The second-order valence-corrected chi connectivity index (χ2v) is 25.0. The number of halogens is 6. The fraction of sp³-hybridized carbons (Fsp3) is 0.411. The van der Waals surface area contributed by atoms with Gasteiger partial charge in [0.05, 0.1) is 26.9 Å². The zero-order chi connectivity index (χ0) is 55.1. The Bertz CT molecular complexity index is 3530. The Morgan fingerprint density at radius 1 is 0.506 bits per heavy atom. The zero-order valence-electron chi connectivity index (χ0n) is 42.5. The molecule has 8 bridgehead atoms. The molecular weight excluding hydrogens is 1080 g/mol. The van der Waals surface area contributed by atoms with Crippen LogP contribution in [0.2, 0.25) is 0 Å². The summed E-state index contributed by atoms with van der Waals surface area (Å²) in [5.74, 6) is 3.95. The second kappa shape index (κ2) is 23.2. The Kier molecular flexibility index (Phi) is 15.9. The summed E-state index contributed by atoms with van der Waals surface area (Å²) in [5.41, 5.74) is 11.9. The van der Waals surface area contributed by atoms with E-state index in [1.807, 2.05) is 0 Å². The molecule has 8 saturated carbocycles. The van der Waals surface area contributed by atoms with Crippen LogP contribution in [0.25, 0.3) is 30.6 Å². The number of ketones is 1. The highest BCUT2D eigenvalue weighted by Crippen LogP contribution is 2.57. The van der Waals surface area contributed by atoms with Crippen LogP contribution in [-0.4, -0.2) is 67.4 Å². The van der Waals surface area contributed by atoms with E-state index in [1.54, 1.807) is 31.2 Å². The van der Waals surface area contributed by atoms with Gasteiger partial charge in [-0.05, 0) is 136 Å². The third-order valence-corrected chi connectivity index (χ3v) is 19.3. The molecule has 8 fully saturated rings. The number of nitrogens with zero attached hydrogens (tertiary/aromatic N) is 9. The van der Waals surface area contributed by atoms with Crippen molar-refractivity contribution in [2.24, 2.45) is 59.0 Å². The molecule has 6 heterocycles. The van der Waals surface area contributed by atoms with Gasteiger partial charge in [0, 0.05) is 67.8 Å². The highest BCUT2D eigenvalue weighted by molar-refractivity contribution is 7.22. The van der Waals surface area contributed by atoms with Gasteiger partial charge < -0.3 is 11.5 Å². The van der Waals surface area contributed by atoms with E-state index in [0.29, 0.717) is 42.5 Å². The standard InChI is InChI=1S/C20H21F2NOS.C12H7F2N3OS.C10H17N.C7H4F2N2S.C7H6N4O/c21-14-6-17(22)20-18(7-14)25-19(23-20)9-15(24)8-16-12-2-10-1-11(4-12)5-13(16)3-10;13-7-3-8(14)12-9(4-7)19-10(16-12)5-11(18)17-2-1-15-6-17;11-10-8-2-6-1-7(4-8)5-9(10)3-6;8-3-1-4(9)6-5(2-3)12-7(10)11-6;12-7(10-3-1-8-5-10)11-4-2-9-6-11/h6-7,10-13,16H,1-5,8-9H2;1-4,6H,5H2;6-10H,1-5,11H2;1-2H,(H2,10,11);1-6H. The smallest absolute Gasteiger partial charge is 0.338 e. The van der Waals surface area contributed by atoms with Crippen LogP contribution in [0.5, 0.6) is 0 Å². The molecule has 0 unspecified atom stereocenters. The van der Waals surface area contributed by atoms with Gasteiger partial charge in [-0.15, -0.1) is 22.7 Å². The Hall–Kier alpha value is -6.69. The summed E-state index contributed by atoms with van der Waals surface area (Å²) in [7, 11) is 0. The van der Waals surface area contributed by atoms with E-state index in [2.05, 4.69) is 29.9 Å². The number of nitrogens with two attached hydrogens (primary N) is 2. The van der Waals surface area contributed by atoms with Gasteiger partial charge in [-0.3, -0.25) is 23.3 Å². The number of anilines is 1. The minimum Gasteiger partial charge on any atom is -0.375 e. The Balaban J connectivity index is 0.000000109. The van der Waals surface area contributed by atoms with Crippen LogP contribution in [0.3, 0.4) is 0 Å². The fourth-order valence-corrected chi connectivity index (χ4v) is 16.3. The normalized spacial score (nSPS) is 24.7. The highest BCUT2D eigenvalue weighted by atomic mass is 32.1. The van der Waals surface area contributed by atoms with Gasteiger partial charge in [-0.2, -0.15) is 0 Å². The molecule has 14 nitrogen and oxygen atoms in total. The fourth-order valence-electron chi connectivity index (χ4n) is 13.5. The molecule has 23 heteroatoms. The Labute approximate surface area is 461 Å². The first kappa shape index (κ1) is 54.3. The zero-order valence-corrected chi connectivity index (χ0v) is 45.0. The van der Waals surface area contributed by atoms with Crippen molar-refractivity contribution < 1.29 is 40.7 Å². The van der Waals surface area contributed by atoms with E-state index in [1.165, 1.54) is 132 Å². The SMILES string of the molecule is NC1C2CC3CC(C2)CC1C3.Nc1nc2c(F)cc(F)cc2s1.O=C(Cc1nc2c(F)cc(F)cc2s1)CC1C2CC3CC(C2)CC1C3.O=C(Cc1nc2c(F)cc(F)cc2s1)n1ccnc1.O=C(n1ccnc1)n1ccnc1. The summed E-state index contributed by atoms with van der Waals surface area (Å²) >= 11 is 3.41. The molecular formula is C56H55F6N11O3S3. The number of hydrogen-bond acceptors (Lipinski definition) is 14. The Morgan fingerprint density at radius 2 is 0.899 bits per heavy atom. The summed E-state index contributed by atoms with van der Waals surface area (Å²) in [6.07, 6.45) is 28.6. The molecule has 3 aromatic carbocycles. The van der Waals surface area contributed by atoms with E-state index >= 15 is 0 Å². The van der Waals surface area contributed by atoms with E-state index in [4.69, 9.17) is 11.5 Å². The van der Waals surface area contributed by atoms with Crippen LogP contribution in [0.1, 0.15) is 85.4 Å². The van der Waals surface area contributed by atoms with Crippen LogP contribution in [0.15, 0.2) is 92.6 Å². The minimum atomic E-state index is -0.715. The largest absolute Gasteiger partial charge is 0.375 e. The molecule has 4 N–H and O–H groups in total. The predicted octanol–water partition coefficient (Wildman–Crippen LogP) is 12.3. The maximum absolute atomic E-state index is 13.8. The van der Waals surface area contributed by atoms with Crippen LogP contribution in [-0.2, 0) is 17.6 Å². The van der Waals surface area contributed by atoms with Crippen molar-refractivity contribution >= 4 is 87.5 Å². The first-order valence-electron chi connectivity index (χ1n) is 26.3. The van der Waals surface area contributed by atoms with E-state index < -0.39 is 34.9 Å². The maximum Gasteiger partial charge on any atom is 0.338 e. The topological polar surface area (TPSA) is 195 Å². The van der Waals surface area contributed by atoms with Gasteiger partial charge in [0.2, 0.25) is 5.91 Å². The molecule has 8 aliphatic carbocycles. The number of imidazole rings is 3. The van der Waals surface area contributed by atoms with Crippen molar-refractivity contribution in [3.8, 4) is 0 Å². The van der Waals surface area contributed by atoms with Gasteiger partial charge in [0.1, 0.15) is 68.8 Å². The average molecular weight is 1140 g/mol. The van der Waals surface area contributed by atoms with Crippen LogP contribution < -0.4 is 11.5 Å². The third-order valence-electron chi connectivity index (χ3n) is 16.4. The summed E-state index contributed by atoms with van der Waals surface area (Å²) in [5, 5.41) is 1.29. The molecule has 0 spiro atoms. The molecule has 0 saturated heterocycles. The number of fused-ring (bicyclic) bond motifs is 3. The van der Waals surface area contributed by atoms with Crippen molar-refractivity contribution in [1.82, 2.24) is 43.6 Å². The molecule has 17 rings (SSSR count). The quantitative estimate of drug-likeness (QED) is 0.150. The molecule has 8 aliphatic rings. The molecule has 0 radical (unpaired) electrons. The van der Waals surface area contributed by atoms with E-state index in [0.717, 1.165) is 88.2 Å². The number of hydrogen-bond donors (Lipinski definition) is 2. The lowest BCUT2D eigenvalue weighted by Crippen LogP contribution is -2.52. The van der Waals surface area contributed by atoms with Crippen molar-refractivity contribution in [3.63, 3.8) is 0 Å². The first-order chi connectivity index (χ1) is 38.0. The Morgan fingerprint density at radius 3 is 1.33 bits per heavy atom. The van der Waals surface area contributed by atoms with Gasteiger partial charge in [0.15, 0.2) is 22.6 Å². The number of rotatable bonds is 6. The average Bonchev–Trinajstić information content (AvgIpc) is 4.31. The summed E-state index contributed by atoms with van der Waals surface area (Å²) < 4.78 is 84.5. The molecule has 412 valence electrons. The van der Waals surface area contributed by atoms with Gasteiger partial charge in [-0.25, -0.2) is 61.0 Å². The number of thiazole rings is 3. The van der Waals surface area contributed by atoms with Gasteiger partial charge in [0.25, 0.3) is 0 Å². The molecule has 0 aliphatic heterocycles. The van der Waals surface area contributed by atoms with Crippen molar-refractivity contribution in [2.75, 3.05) is 5.73 Å². The summed E-state index contributed by atoms with van der Waals surface area (Å²) in [6, 6.07) is 6.54.